The number of likely N-dealkylation sites (tertiary alicyclic amines) is 1. The average Bonchev–Trinajstić information content (AvgIpc) is 2.79. The molecule has 178 valence electrons. The number of carbonyl (C=O) groups is 3. The molecule has 0 radical (unpaired) electrons. The summed E-state index contributed by atoms with van der Waals surface area (Å²) < 4.78 is 31.9. The maximum Gasteiger partial charge on any atom is 0.310 e. The molecule has 1 unspecified atom stereocenters. The Hall–Kier alpha value is -2.46. The van der Waals surface area contributed by atoms with Gasteiger partial charge in [0.15, 0.2) is 0 Å². The van der Waals surface area contributed by atoms with E-state index in [0.717, 1.165) is 0 Å². The fraction of sp³-hybridized carbons (Fsp3) is 0.591. The van der Waals surface area contributed by atoms with Crippen LogP contribution in [-0.4, -0.2) is 86.7 Å². The first-order valence-electron chi connectivity index (χ1n) is 11.0. The molecular weight excluding hydrogens is 434 g/mol. The fourth-order valence-corrected chi connectivity index (χ4v) is 5.26. The minimum absolute atomic E-state index is 0.0417. The van der Waals surface area contributed by atoms with Gasteiger partial charge < -0.3 is 14.5 Å². The Balaban J connectivity index is 2.08. The van der Waals surface area contributed by atoms with Gasteiger partial charge in [-0.05, 0) is 38.0 Å². The maximum atomic E-state index is 12.9. The van der Waals surface area contributed by atoms with Crippen molar-refractivity contribution in [2.75, 3.05) is 46.4 Å². The van der Waals surface area contributed by atoms with Crippen molar-refractivity contribution in [3.63, 3.8) is 0 Å². The zero-order valence-electron chi connectivity index (χ0n) is 19.2. The second-order valence-corrected chi connectivity index (χ2v) is 9.65. The van der Waals surface area contributed by atoms with Gasteiger partial charge in [0, 0.05) is 38.8 Å². The first-order chi connectivity index (χ1) is 15.1. The number of nitrogens with zero attached hydrogens (tertiary/aromatic N) is 3. The molecule has 1 aliphatic heterocycles. The Morgan fingerprint density at radius 3 is 2.47 bits per heavy atom. The van der Waals surface area contributed by atoms with Gasteiger partial charge in [-0.25, -0.2) is 8.42 Å². The van der Waals surface area contributed by atoms with Crippen LogP contribution in [0.2, 0.25) is 0 Å². The smallest absolute Gasteiger partial charge is 0.310 e. The van der Waals surface area contributed by atoms with Crippen LogP contribution >= 0.6 is 0 Å². The molecule has 10 heteroatoms. The van der Waals surface area contributed by atoms with Gasteiger partial charge in [-0.15, -0.1) is 0 Å². The highest BCUT2D eigenvalue weighted by Crippen LogP contribution is 2.20. The number of hydrogen-bond donors (Lipinski definition) is 0. The number of ether oxygens (including phenoxy) is 1. The monoisotopic (exact) mass is 467 g/mol. The third-order valence-electron chi connectivity index (χ3n) is 5.54. The van der Waals surface area contributed by atoms with Crippen LogP contribution in [-0.2, 0) is 24.3 Å². The molecule has 2 rings (SSSR count). The van der Waals surface area contributed by atoms with E-state index in [-0.39, 0.29) is 41.3 Å². The van der Waals surface area contributed by atoms with Crippen LogP contribution in [0, 0.1) is 5.92 Å². The van der Waals surface area contributed by atoms with Gasteiger partial charge in [-0.1, -0.05) is 19.9 Å². The Morgan fingerprint density at radius 1 is 1.16 bits per heavy atom. The summed E-state index contributed by atoms with van der Waals surface area (Å²) in [5.41, 5.74) is 0.191. The van der Waals surface area contributed by atoms with Crippen LogP contribution in [0.1, 0.15) is 44.0 Å². The lowest BCUT2D eigenvalue weighted by atomic mass is 9.98. The summed E-state index contributed by atoms with van der Waals surface area (Å²) in [5.74, 6) is -1.37. The predicted molar refractivity (Wildman–Crippen MR) is 119 cm³/mol. The lowest BCUT2D eigenvalue weighted by Gasteiger charge is -2.32. The molecule has 1 atom stereocenters. The van der Waals surface area contributed by atoms with E-state index in [0.29, 0.717) is 39.1 Å². The molecular formula is C22H33N3O6S. The van der Waals surface area contributed by atoms with Crippen molar-refractivity contribution in [1.82, 2.24) is 14.1 Å². The van der Waals surface area contributed by atoms with Crippen molar-refractivity contribution in [3.8, 4) is 0 Å². The Bertz CT molecular complexity index is 929. The summed E-state index contributed by atoms with van der Waals surface area (Å²) in [6, 6.07) is 5.85. The predicted octanol–water partition coefficient (Wildman–Crippen LogP) is 1.59. The third-order valence-corrected chi connectivity index (χ3v) is 7.58. The van der Waals surface area contributed by atoms with Gasteiger partial charge in [-0.3, -0.25) is 14.4 Å². The zero-order chi connectivity index (χ0) is 23.9. The van der Waals surface area contributed by atoms with Gasteiger partial charge in [0.2, 0.25) is 15.9 Å². The van der Waals surface area contributed by atoms with E-state index in [4.69, 9.17) is 4.74 Å². The second-order valence-electron chi connectivity index (χ2n) is 7.71. The highest BCUT2D eigenvalue weighted by Gasteiger charge is 2.30. The first kappa shape index (κ1) is 25.8. The van der Waals surface area contributed by atoms with E-state index in [1.165, 1.54) is 40.5 Å². The molecule has 32 heavy (non-hydrogen) atoms. The fourth-order valence-electron chi connectivity index (χ4n) is 3.75. The molecule has 0 saturated carbocycles. The number of sulfonamides is 1. The van der Waals surface area contributed by atoms with Crippen molar-refractivity contribution in [2.45, 2.75) is 38.5 Å². The van der Waals surface area contributed by atoms with Crippen LogP contribution < -0.4 is 0 Å². The van der Waals surface area contributed by atoms with Crippen molar-refractivity contribution >= 4 is 27.8 Å². The molecule has 0 aliphatic carbocycles. The molecule has 1 fully saturated rings. The van der Waals surface area contributed by atoms with Crippen LogP contribution in [0.25, 0.3) is 0 Å². The number of hydrogen-bond acceptors (Lipinski definition) is 6. The molecule has 9 nitrogen and oxygen atoms in total. The van der Waals surface area contributed by atoms with Crippen molar-refractivity contribution in [2.24, 2.45) is 5.92 Å². The van der Waals surface area contributed by atoms with E-state index >= 15 is 0 Å². The Kier molecular flexibility index (Phi) is 9.21. The summed E-state index contributed by atoms with van der Waals surface area (Å²) in [6.07, 6.45) is 1.36. The van der Waals surface area contributed by atoms with Gasteiger partial charge in [0.05, 0.1) is 24.0 Å². The van der Waals surface area contributed by atoms with Gasteiger partial charge >= 0.3 is 5.97 Å². The lowest BCUT2D eigenvalue weighted by Crippen LogP contribution is -2.47. The maximum absolute atomic E-state index is 12.9. The van der Waals surface area contributed by atoms with Crippen LogP contribution in [0.15, 0.2) is 29.2 Å². The van der Waals surface area contributed by atoms with Gasteiger partial charge in [0.1, 0.15) is 0 Å². The molecule has 1 aromatic carbocycles. The van der Waals surface area contributed by atoms with E-state index in [1.54, 1.807) is 25.7 Å². The quantitative estimate of drug-likeness (QED) is 0.511. The highest BCUT2D eigenvalue weighted by molar-refractivity contribution is 7.89. The lowest BCUT2D eigenvalue weighted by molar-refractivity contribution is -0.151. The van der Waals surface area contributed by atoms with E-state index in [2.05, 4.69) is 0 Å². The molecule has 1 heterocycles. The standard InChI is InChI=1S/C22H33N3O6S/c1-5-25(6-2)32(29,30)19-12-8-10-17(14-19)21(27)23(4)16-20(26)24-13-9-11-18(15-24)22(28)31-7-3/h8,10,12,14,18H,5-7,9,11,13,15-16H2,1-4H3. The van der Waals surface area contributed by atoms with Crippen LogP contribution in [0.5, 0.6) is 0 Å². The molecule has 1 aliphatic rings. The largest absolute Gasteiger partial charge is 0.466 e. The summed E-state index contributed by atoms with van der Waals surface area (Å²) in [5, 5.41) is 0. The number of benzene rings is 1. The third kappa shape index (κ3) is 6.07. The van der Waals surface area contributed by atoms with E-state index in [9.17, 15) is 22.8 Å². The first-order valence-corrected chi connectivity index (χ1v) is 12.4. The summed E-state index contributed by atoms with van der Waals surface area (Å²) in [7, 11) is -2.20. The number of esters is 1. The number of piperidine rings is 1. The number of rotatable bonds is 9. The molecule has 0 aromatic heterocycles. The van der Waals surface area contributed by atoms with Gasteiger partial charge in [-0.2, -0.15) is 4.31 Å². The normalized spacial score (nSPS) is 16.7. The minimum atomic E-state index is -3.70. The molecule has 2 amide bonds. The Morgan fingerprint density at radius 2 is 1.84 bits per heavy atom. The zero-order valence-corrected chi connectivity index (χ0v) is 20.1. The summed E-state index contributed by atoms with van der Waals surface area (Å²) in [4.78, 5) is 40.5. The van der Waals surface area contributed by atoms with Crippen molar-refractivity contribution in [1.29, 1.82) is 0 Å². The number of likely N-dealkylation sites (N-methyl/N-ethyl adjacent to an activating group) is 1. The van der Waals surface area contributed by atoms with Crippen molar-refractivity contribution in [3.05, 3.63) is 29.8 Å². The van der Waals surface area contributed by atoms with Crippen molar-refractivity contribution < 1.29 is 27.5 Å². The molecule has 0 N–H and O–H groups in total. The second kappa shape index (κ2) is 11.4. The molecule has 0 spiro atoms. The SMILES string of the molecule is CCOC(=O)C1CCCN(C(=O)CN(C)C(=O)c2cccc(S(=O)(=O)N(CC)CC)c2)C1. The van der Waals surface area contributed by atoms with Crippen LogP contribution in [0.4, 0.5) is 0 Å². The molecule has 0 bridgehead atoms. The summed E-state index contributed by atoms with van der Waals surface area (Å²) >= 11 is 0. The average molecular weight is 468 g/mol. The number of carbonyl (C=O) groups excluding carboxylic acids is 3. The number of amides is 2. The molecule has 1 aromatic rings. The highest BCUT2D eigenvalue weighted by atomic mass is 32.2. The Labute approximate surface area is 190 Å². The topological polar surface area (TPSA) is 104 Å². The van der Waals surface area contributed by atoms with E-state index < -0.39 is 15.9 Å². The minimum Gasteiger partial charge on any atom is -0.466 e. The van der Waals surface area contributed by atoms with Crippen LogP contribution in [0.3, 0.4) is 0 Å². The summed E-state index contributed by atoms with van der Waals surface area (Å²) in [6.45, 7) is 6.83. The van der Waals surface area contributed by atoms with E-state index in [1.807, 2.05) is 0 Å². The molecule has 1 saturated heterocycles. The van der Waals surface area contributed by atoms with Gasteiger partial charge in [0.25, 0.3) is 5.91 Å².